The molecule has 0 aliphatic carbocycles. The summed E-state index contributed by atoms with van der Waals surface area (Å²) in [7, 11) is 3.73. The first kappa shape index (κ1) is 12.7. The highest BCUT2D eigenvalue weighted by Gasteiger charge is 2.12. The summed E-state index contributed by atoms with van der Waals surface area (Å²) >= 11 is 0. The SMILES string of the molecule is CCNC(O)Cc1ncnc(N(C)C)c1N. The molecule has 0 fully saturated rings. The fourth-order valence-corrected chi connectivity index (χ4v) is 1.43. The van der Waals surface area contributed by atoms with Crippen LogP contribution in [0.4, 0.5) is 11.5 Å². The molecular formula is C10H19N5O. The second-order valence-electron chi connectivity index (χ2n) is 3.73. The maximum atomic E-state index is 9.62. The Labute approximate surface area is 95.5 Å². The molecule has 1 unspecified atom stereocenters. The molecule has 0 saturated heterocycles. The lowest BCUT2D eigenvalue weighted by molar-refractivity contribution is 0.139. The van der Waals surface area contributed by atoms with E-state index in [-0.39, 0.29) is 0 Å². The Kier molecular flexibility index (Phi) is 4.45. The van der Waals surface area contributed by atoms with E-state index in [0.29, 0.717) is 30.2 Å². The molecule has 90 valence electrons. The molecule has 16 heavy (non-hydrogen) atoms. The van der Waals surface area contributed by atoms with Gasteiger partial charge >= 0.3 is 0 Å². The van der Waals surface area contributed by atoms with Gasteiger partial charge in [-0.05, 0) is 6.54 Å². The quantitative estimate of drug-likeness (QED) is 0.591. The highest BCUT2D eigenvalue weighted by atomic mass is 16.3. The molecule has 4 N–H and O–H groups in total. The van der Waals surface area contributed by atoms with Crippen LogP contribution in [0.5, 0.6) is 0 Å². The maximum Gasteiger partial charge on any atom is 0.155 e. The molecule has 6 heteroatoms. The van der Waals surface area contributed by atoms with E-state index >= 15 is 0 Å². The van der Waals surface area contributed by atoms with Gasteiger partial charge in [-0.3, -0.25) is 5.32 Å². The van der Waals surface area contributed by atoms with Crippen molar-refractivity contribution < 1.29 is 5.11 Å². The molecule has 0 amide bonds. The zero-order valence-electron chi connectivity index (χ0n) is 9.94. The van der Waals surface area contributed by atoms with Crippen LogP contribution in [-0.4, -0.2) is 41.9 Å². The van der Waals surface area contributed by atoms with Gasteiger partial charge in [-0.2, -0.15) is 0 Å². The number of anilines is 2. The smallest absolute Gasteiger partial charge is 0.155 e. The second-order valence-corrected chi connectivity index (χ2v) is 3.73. The second kappa shape index (κ2) is 5.62. The Morgan fingerprint density at radius 3 is 2.75 bits per heavy atom. The van der Waals surface area contributed by atoms with E-state index in [1.807, 2.05) is 25.9 Å². The number of hydrogen-bond acceptors (Lipinski definition) is 6. The third kappa shape index (κ3) is 3.04. The Hall–Kier alpha value is -1.40. The number of hydrogen-bond donors (Lipinski definition) is 3. The normalized spacial score (nSPS) is 12.5. The van der Waals surface area contributed by atoms with Crippen molar-refractivity contribution in [2.24, 2.45) is 0 Å². The van der Waals surface area contributed by atoms with Crippen LogP contribution < -0.4 is 16.0 Å². The van der Waals surface area contributed by atoms with E-state index < -0.39 is 6.23 Å². The van der Waals surface area contributed by atoms with Crippen molar-refractivity contribution in [3.8, 4) is 0 Å². The largest absolute Gasteiger partial charge is 0.394 e. The Balaban J connectivity index is 2.84. The van der Waals surface area contributed by atoms with E-state index in [2.05, 4.69) is 15.3 Å². The van der Waals surface area contributed by atoms with Crippen molar-refractivity contribution in [3.63, 3.8) is 0 Å². The van der Waals surface area contributed by atoms with Crippen LogP contribution in [0, 0.1) is 0 Å². The summed E-state index contributed by atoms with van der Waals surface area (Å²) in [6.45, 7) is 2.63. The van der Waals surface area contributed by atoms with Crippen molar-refractivity contribution in [1.29, 1.82) is 0 Å². The van der Waals surface area contributed by atoms with Gasteiger partial charge in [0.25, 0.3) is 0 Å². The first-order valence-electron chi connectivity index (χ1n) is 5.24. The third-order valence-electron chi connectivity index (χ3n) is 2.20. The molecule has 0 spiro atoms. The van der Waals surface area contributed by atoms with E-state index in [0.717, 1.165) is 0 Å². The molecule has 0 aliphatic heterocycles. The highest BCUT2D eigenvalue weighted by molar-refractivity contribution is 5.64. The molecule has 6 nitrogen and oxygen atoms in total. The van der Waals surface area contributed by atoms with Crippen molar-refractivity contribution in [2.75, 3.05) is 31.3 Å². The zero-order chi connectivity index (χ0) is 12.1. The lowest BCUT2D eigenvalue weighted by Gasteiger charge is -2.17. The average Bonchev–Trinajstić information content (AvgIpc) is 2.21. The van der Waals surface area contributed by atoms with Gasteiger partial charge in [0, 0.05) is 20.5 Å². The van der Waals surface area contributed by atoms with Crippen molar-refractivity contribution in [1.82, 2.24) is 15.3 Å². The summed E-state index contributed by atoms with van der Waals surface area (Å²) < 4.78 is 0. The fraction of sp³-hybridized carbons (Fsp3) is 0.600. The van der Waals surface area contributed by atoms with Crippen molar-refractivity contribution in [2.45, 2.75) is 19.6 Å². The minimum Gasteiger partial charge on any atom is -0.394 e. The van der Waals surface area contributed by atoms with Crippen LogP contribution in [0.25, 0.3) is 0 Å². The van der Waals surface area contributed by atoms with Crippen molar-refractivity contribution >= 4 is 11.5 Å². The van der Waals surface area contributed by atoms with Gasteiger partial charge in [0.1, 0.15) is 12.6 Å². The summed E-state index contributed by atoms with van der Waals surface area (Å²) in [6.07, 6.45) is 1.21. The van der Waals surface area contributed by atoms with Gasteiger partial charge in [0.2, 0.25) is 0 Å². The number of nitrogens with zero attached hydrogens (tertiary/aromatic N) is 3. The highest BCUT2D eigenvalue weighted by Crippen LogP contribution is 2.20. The number of nitrogens with one attached hydrogen (secondary N) is 1. The number of rotatable bonds is 5. The van der Waals surface area contributed by atoms with Crippen LogP contribution >= 0.6 is 0 Å². The summed E-state index contributed by atoms with van der Waals surface area (Å²) in [5.74, 6) is 0.675. The number of nitrogen functional groups attached to an aromatic ring is 1. The molecule has 0 aliphatic rings. The lowest BCUT2D eigenvalue weighted by Crippen LogP contribution is -2.31. The minimum atomic E-state index is -0.628. The number of aliphatic hydroxyl groups excluding tert-OH is 1. The molecule has 0 saturated carbocycles. The van der Waals surface area contributed by atoms with Crippen LogP contribution in [-0.2, 0) is 6.42 Å². The van der Waals surface area contributed by atoms with E-state index in [1.165, 1.54) is 6.33 Å². The predicted molar refractivity (Wildman–Crippen MR) is 64.2 cm³/mol. The van der Waals surface area contributed by atoms with E-state index in [1.54, 1.807) is 0 Å². The summed E-state index contributed by atoms with van der Waals surface area (Å²) in [5.41, 5.74) is 7.10. The molecule has 1 aromatic rings. The Morgan fingerprint density at radius 2 is 2.19 bits per heavy atom. The molecule has 0 radical (unpaired) electrons. The van der Waals surface area contributed by atoms with Crippen LogP contribution in [0.1, 0.15) is 12.6 Å². The van der Waals surface area contributed by atoms with Crippen molar-refractivity contribution in [3.05, 3.63) is 12.0 Å². The van der Waals surface area contributed by atoms with Gasteiger partial charge < -0.3 is 15.7 Å². The number of aliphatic hydroxyl groups is 1. The fourth-order valence-electron chi connectivity index (χ4n) is 1.43. The Bertz CT molecular complexity index is 342. The molecule has 1 aromatic heterocycles. The molecule has 1 atom stereocenters. The first-order valence-corrected chi connectivity index (χ1v) is 5.24. The van der Waals surface area contributed by atoms with Crippen LogP contribution in [0.3, 0.4) is 0 Å². The van der Waals surface area contributed by atoms with Crippen LogP contribution in [0.15, 0.2) is 6.33 Å². The van der Waals surface area contributed by atoms with Gasteiger partial charge in [-0.1, -0.05) is 6.92 Å². The third-order valence-corrected chi connectivity index (χ3v) is 2.20. The lowest BCUT2D eigenvalue weighted by atomic mass is 10.2. The van der Waals surface area contributed by atoms with Gasteiger partial charge in [-0.15, -0.1) is 0 Å². The standard InChI is InChI=1S/C10H19N5O/c1-4-12-8(16)5-7-9(11)10(15(2)3)14-6-13-7/h6,8,12,16H,4-5,11H2,1-3H3. The summed E-state index contributed by atoms with van der Waals surface area (Å²) in [6, 6.07) is 0. The van der Waals surface area contributed by atoms with Gasteiger partial charge in [-0.25, -0.2) is 9.97 Å². The first-order chi connectivity index (χ1) is 7.56. The number of aromatic nitrogens is 2. The van der Waals surface area contributed by atoms with E-state index in [4.69, 9.17) is 5.73 Å². The summed E-state index contributed by atoms with van der Waals surface area (Å²) in [5, 5.41) is 12.5. The summed E-state index contributed by atoms with van der Waals surface area (Å²) in [4.78, 5) is 9.98. The molecular weight excluding hydrogens is 206 g/mol. The maximum absolute atomic E-state index is 9.62. The van der Waals surface area contributed by atoms with Gasteiger partial charge in [0.05, 0.1) is 11.4 Å². The monoisotopic (exact) mass is 225 g/mol. The number of likely N-dealkylation sites (N-methyl/N-ethyl adjacent to an activating group) is 1. The molecule has 1 rings (SSSR count). The van der Waals surface area contributed by atoms with E-state index in [9.17, 15) is 5.11 Å². The zero-order valence-corrected chi connectivity index (χ0v) is 9.94. The Morgan fingerprint density at radius 1 is 1.50 bits per heavy atom. The molecule has 1 heterocycles. The topological polar surface area (TPSA) is 87.3 Å². The molecule has 0 bridgehead atoms. The average molecular weight is 225 g/mol. The van der Waals surface area contributed by atoms with Crippen LogP contribution in [0.2, 0.25) is 0 Å². The minimum absolute atomic E-state index is 0.378. The predicted octanol–water partition coefficient (Wildman–Crippen LogP) is -0.405. The van der Waals surface area contributed by atoms with Gasteiger partial charge in [0.15, 0.2) is 5.82 Å². The number of nitrogens with two attached hydrogens (primary N) is 1. The molecule has 0 aromatic carbocycles.